The summed E-state index contributed by atoms with van der Waals surface area (Å²) in [5.41, 5.74) is 15.0. The monoisotopic (exact) mass is 614 g/mol. The van der Waals surface area contributed by atoms with Crippen LogP contribution in [0.5, 0.6) is 11.5 Å². The summed E-state index contributed by atoms with van der Waals surface area (Å²) in [7, 11) is 0. The van der Waals surface area contributed by atoms with Crippen molar-refractivity contribution in [3.63, 3.8) is 0 Å². The summed E-state index contributed by atoms with van der Waals surface area (Å²) >= 11 is 0. The van der Waals surface area contributed by atoms with Crippen molar-refractivity contribution < 1.29 is 23.8 Å². The molecule has 7 nitrogen and oxygen atoms in total. The van der Waals surface area contributed by atoms with Crippen LogP contribution in [-0.2, 0) is 16.0 Å². The number of aryl methyl sites for hydroxylation is 1. The average Bonchev–Trinajstić information content (AvgIpc) is 3.03. The number of rotatable bonds is 21. The van der Waals surface area contributed by atoms with Gasteiger partial charge in [-0.15, -0.1) is 0 Å². The highest BCUT2D eigenvalue weighted by Crippen LogP contribution is 2.18. The van der Waals surface area contributed by atoms with Crippen molar-refractivity contribution in [2.45, 2.75) is 90.4 Å². The Morgan fingerprint density at radius 1 is 0.667 bits per heavy atom. The molecule has 0 atom stereocenters. The van der Waals surface area contributed by atoms with Crippen LogP contribution in [0.4, 0.5) is 11.4 Å². The first kappa shape index (κ1) is 35.2. The van der Waals surface area contributed by atoms with E-state index in [-0.39, 0.29) is 5.97 Å². The Morgan fingerprint density at radius 3 is 1.87 bits per heavy atom. The number of unbranched alkanes of at least 4 members (excludes halogenated alkanes) is 10. The molecule has 3 rings (SSSR count). The van der Waals surface area contributed by atoms with Crippen LogP contribution in [0.3, 0.4) is 0 Å². The molecule has 3 aromatic carbocycles. The molecular formula is C38H50N2O5. The summed E-state index contributed by atoms with van der Waals surface area (Å²) in [5, 5.41) is 0. The van der Waals surface area contributed by atoms with E-state index in [9.17, 15) is 9.59 Å². The zero-order valence-electron chi connectivity index (χ0n) is 26.8. The number of nitrogens with two attached hydrogens (primary N) is 2. The second-order valence-corrected chi connectivity index (χ2v) is 11.5. The highest BCUT2D eigenvalue weighted by atomic mass is 16.5. The molecule has 0 saturated heterocycles. The minimum absolute atomic E-state index is 0.378. The first-order valence-corrected chi connectivity index (χ1v) is 16.5. The Labute approximate surface area is 268 Å². The Hall–Kier alpha value is -4.26. The molecule has 0 amide bonds. The van der Waals surface area contributed by atoms with Gasteiger partial charge in [0.1, 0.15) is 11.5 Å². The molecule has 45 heavy (non-hydrogen) atoms. The van der Waals surface area contributed by atoms with E-state index in [1.54, 1.807) is 24.3 Å². The third-order valence-corrected chi connectivity index (χ3v) is 7.51. The fraction of sp³-hybridized carbons (Fsp3) is 0.421. The molecule has 0 radical (unpaired) electrons. The van der Waals surface area contributed by atoms with Crippen molar-refractivity contribution >= 4 is 29.4 Å². The standard InChI is InChI=1S/C38H50N2O5/c1-2-3-11-14-30-17-22-36(23-18-30)45-37(41)24-19-31-15-20-35(21-16-31)43-25-12-9-7-5-4-6-8-10-13-26-44-38(42)32-27-33(39)29-34(40)28-32/h15-24,27-29H,2-14,25-26,39-40H2,1H3. The van der Waals surface area contributed by atoms with Crippen LogP contribution in [-0.4, -0.2) is 25.2 Å². The molecule has 0 unspecified atom stereocenters. The molecule has 0 spiro atoms. The molecular weight excluding hydrogens is 564 g/mol. The number of anilines is 2. The van der Waals surface area contributed by atoms with Gasteiger partial charge in [0.25, 0.3) is 0 Å². The van der Waals surface area contributed by atoms with Crippen molar-refractivity contribution in [2.24, 2.45) is 0 Å². The summed E-state index contributed by atoms with van der Waals surface area (Å²) in [5.74, 6) is 0.616. The lowest BCUT2D eigenvalue weighted by molar-refractivity contribution is -0.128. The molecule has 0 heterocycles. The van der Waals surface area contributed by atoms with Crippen LogP contribution in [0.2, 0.25) is 0 Å². The fourth-order valence-electron chi connectivity index (χ4n) is 4.97. The van der Waals surface area contributed by atoms with Gasteiger partial charge in [-0.25, -0.2) is 9.59 Å². The first-order chi connectivity index (χ1) is 21.9. The molecule has 0 aliphatic heterocycles. The quantitative estimate of drug-likeness (QED) is 0.0405. The van der Waals surface area contributed by atoms with Gasteiger partial charge in [0, 0.05) is 17.5 Å². The van der Waals surface area contributed by atoms with Crippen LogP contribution in [0.25, 0.3) is 6.08 Å². The Kier molecular flexibility index (Phi) is 16.2. The number of esters is 2. The van der Waals surface area contributed by atoms with E-state index in [4.69, 9.17) is 25.7 Å². The van der Waals surface area contributed by atoms with Crippen LogP contribution in [0.15, 0.2) is 72.8 Å². The minimum Gasteiger partial charge on any atom is -0.494 e. The van der Waals surface area contributed by atoms with Gasteiger partial charge in [0.05, 0.1) is 18.8 Å². The maximum atomic E-state index is 12.2. The molecule has 0 fully saturated rings. The summed E-state index contributed by atoms with van der Waals surface area (Å²) < 4.78 is 16.6. The third kappa shape index (κ3) is 14.8. The zero-order valence-corrected chi connectivity index (χ0v) is 26.8. The van der Waals surface area contributed by atoms with Gasteiger partial charge < -0.3 is 25.7 Å². The average molecular weight is 615 g/mol. The van der Waals surface area contributed by atoms with E-state index in [0.29, 0.717) is 35.9 Å². The highest BCUT2D eigenvalue weighted by Gasteiger charge is 2.08. The summed E-state index contributed by atoms with van der Waals surface area (Å²) in [6.07, 6.45) is 17.9. The van der Waals surface area contributed by atoms with Gasteiger partial charge in [-0.1, -0.05) is 89.0 Å². The largest absolute Gasteiger partial charge is 0.494 e. The van der Waals surface area contributed by atoms with Crippen LogP contribution in [0, 0.1) is 0 Å². The van der Waals surface area contributed by atoms with Crippen molar-refractivity contribution in [1.29, 1.82) is 0 Å². The summed E-state index contributed by atoms with van der Waals surface area (Å²) in [6, 6.07) is 20.3. The molecule has 0 aliphatic rings. The predicted molar refractivity (Wildman–Crippen MR) is 183 cm³/mol. The molecule has 0 bridgehead atoms. The Balaban J connectivity index is 1.16. The number of nitrogen functional groups attached to an aromatic ring is 2. The first-order valence-electron chi connectivity index (χ1n) is 16.5. The predicted octanol–water partition coefficient (Wildman–Crippen LogP) is 8.95. The van der Waals surface area contributed by atoms with E-state index in [1.807, 2.05) is 48.5 Å². The van der Waals surface area contributed by atoms with E-state index >= 15 is 0 Å². The molecule has 242 valence electrons. The summed E-state index contributed by atoms with van der Waals surface area (Å²) in [4.78, 5) is 24.3. The molecule has 3 aromatic rings. The third-order valence-electron chi connectivity index (χ3n) is 7.51. The van der Waals surface area contributed by atoms with E-state index in [2.05, 4.69) is 6.92 Å². The highest BCUT2D eigenvalue weighted by molar-refractivity contribution is 5.91. The number of carbonyl (C=O) groups excluding carboxylic acids is 2. The van der Waals surface area contributed by atoms with Gasteiger partial charge >= 0.3 is 11.9 Å². The number of carbonyl (C=O) groups is 2. The maximum absolute atomic E-state index is 12.2. The van der Waals surface area contributed by atoms with Gasteiger partial charge in [-0.2, -0.15) is 0 Å². The second kappa shape index (κ2) is 20.7. The van der Waals surface area contributed by atoms with Crippen molar-refractivity contribution in [1.82, 2.24) is 0 Å². The van der Waals surface area contributed by atoms with Crippen molar-refractivity contribution in [3.05, 3.63) is 89.5 Å². The fourth-order valence-corrected chi connectivity index (χ4v) is 4.97. The zero-order chi connectivity index (χ0) is 32.1. The van der Waals surface area contributed by atoms with Crippen LogP contribution >= 0.6 is 0 Å². The number of hydrogen-bond acceptors (Lipinski definition) is 7. The van der Waals surface area contributed by atoms with Gasteiger partial charge in [0.2, 0.25) is 0 Å². The van der Waals surface area contributed by atoms with Crippen molar-refractivity contribution in [2.75, 3.05) is 24.7 Å². The maximum Gasteiger partial charge on any atom is 0.338 e. The lowest BCUT2D eigenvalue weighted by Crippen LogP contribution is -2.07. The lowest BCUT2D eigenvalue weighted by atomic mass is 10.1. The smallest absolute Gasteiger partial charge is 0.338 e. The van der Waals surface area contributed by atoms with E-state index in [1.165, 1.54) is 56.6 Å². The molecule has 0 aliphatic carbocycles. The Bertz CT molecular complexity index is 1300. The summed E-state index contributed by atoms with van der Waals surface area (Å²) in [6.45, 7) is 3.31. The normalized spacial score (nSPS) is 11.0. The minimum atomic E-state index is -0.394. The van der Waals surface area contributed by atoms with Gasteiger partial charge in [-0.3, -0.25) is 0 Å². The number of ether oxygens (including phenoxy) is 3. The number of benzene rings is 3. The van der Waals surface area contributed by atoms with Crippen LogP contribution in [0.1, 0.15) is 105 Å². The van der Waals surface area contributed by atoms with Gasteiger partial charge in [-0.05, 0) is 85.4 Å². The molecule has 0 saturated carbocycles. The molecule has 4 N–H and O–H groups in total. The van der Waals surface area contributed by atoms with E-state index < -0.39 is 5.97 Å². The number of hydrogen-bond donors (Lipinski definition) is 2. The second-order valence-electron chi connectivity index (χ2n) is 11.5. The van der Waals surface area contributed by atoms with Crippen molar-refractivity contribution in [3.8, 4) is 11.5 Å². The van der Waals surface area contributed by atoms with E-state index in [0.717, 1.165) is 49.8 Å². The Morgan fingerprint density at radius 2 is 1.24 bits per heavy atom. The van der Waals surface area contributed by atoms with Gasteiger partial charge in [0.15, 0.2) is 0 Å². The molecule has 7 heteroatoms. The molecule has 0 aromatic heterocycles. The SMILES string of the molecule is CCCCCc1ccc(OC(=O)C=Cc2ccc(OCCCCCCCCCCCOC(=O)c3cc(N)cc(N)c3)cc2)cc1. The lowest BCUT2D eigenvalue weighted by Gasteiger charge is -2.07. The topological polar surface area (TPSA) is 114 Å². The van der Waals surface area contributed by atoms with Crippen LogP contribution < -0.4 is 20.9 Å².